The summed E-state index contributed by atoms with van der Waals surface area (Å²) in [4.78, 5) is 20.4. The Morgan fingerprint density at radius 1 is 1.04 bits per heavy atom. The van der Waals surface area contributed by atoms with Crippen molar-refractivity contribution < 1.29 is 22.7 Å². The summed E-state index contributed by atoms with van der Waals surface area (Å²) in [5, 5.41) is 0. The fourth-order valence-corrected chi connectivity index (χ4v) is 3.10. The molecule has 1 saturated heterocycles. The number of halogens is 3. The van der Waals surface area contributed by atoms with E-state index >= 15 is 0 Å². The van der Waals surface area contributed by atoms with Gasteiger partial charge in [0, 0.05) is 38.9 Å². The third-order valence-corrected chi connectivity index (χ3v) is 4.59. The molecule has 1 amide bonds. The molecule has 0 bridgehead atoms. The largest absolute Gasteiger partial charge is 0.467 e. The number of amides is 1. The highest BCUT2D eigenvalue weighted by molar-refractivity contribution is 5.96. The van der Waals surface area contributed by atoms with Crippen molar-refractivity contribution in [1.82, 2.24) is 14.8 Å². The van der Waals surface area contributed by atoms with Gasteiger partial charge in [-0.2, -0.15) is 13.2 Å². The molecule has 2 aromatic rings. The number of aromatic nitrogens is 1. The zero-order valence-electron chi connectivity index (χ0n) is 15.4. The van der Waals surface area contributed by atoms with Gasteiger partial charge in [0.25, 0.3) is 5.91 Å². The van der Waals surface area contributed by atoms with Gasteiger partial charge in [-0.15, -0.1) is 0 Å². The molecule has 150 valence electrons. The predicted octanol–water partition coefficient (Wildman–Crippen LogP) is 3.02. The molecule has 8 heteroatoms. The van der Waals surface area contributed by atoms with Crippen LogP contribution in [-0.4, -0.2) is 66.2 Å². The average Bonchev–Trinajstić information content (AvgIpc) is 2.71. The Kier molecular flexibility index (Phi) is 6.51. The van der Waals surface area contributed by atoms with Gasteiger partial charge in [0.1, 0.15) is 5.56 Å². The van der Waals surface area contributed by atoms with Gasteiger partial charge in [-0.25, -0.2) is 4.98 Å². The molecule has 0 radical (unpaired) electrons. The van der Waals surface area contributed by atoms with Gasteiger partial charge < -0.3 is 9.64 Å². The van der Waals surface area contributed by atoms with Crippen molar-refractivity contribution >= 4 is 5.91 Å². The smallest absolute Gasteiger partial charge is 0.422 e. The molecule has 28 heavy (non-hydrogen) atoms. The van der Waals surface area contributed by atoms with E-state index < -0.39 is 12.8 Å². The van der Waals surface area contributed by atoms with Gasteiger partial charge in [-0.3, -0.25) is 9.69 Å². The highest BCUT2D eigenvalue weighted by Gasteiger charge is 2.30. The SMILES string of the molecule is O=C(c1cccnc1OCC(F)(F)F)N1CCN(CCc2ccccc2)CC1. The maximum atomic E-state index is 12.7. The lowest BCUT2D eigenvalue weighted by molar-refractivity contribution is -0.154. The summed E-state index contributed by atoms with van der Waals surface area (Å²) in [5.41, 5.74) is 1.33. The summed E-state index contributed by atoms with van der Waals surface area (Å²) in [6.07, 6.45) is -2.24. The average molecular weight is 393 g/mol. The van der Waals surface area contributed by atoms with Crippen molar-refractivity contribution in [3.8, 4) is 5.88 Å². The second-order valence-electron chi connectivity index (χ2n) is 6.63. The highest BCUT2D eigenvalue weighted by Crippen LogP contribution is 2.21. The van der Waals surface area contributed by atoms with Gasteiger partial charge in [0.15, 0.2) is 6.61 Å². The van der Waals surface area contributed by atoms with E-state index in [4.69, 9.17) is 4.74 Å². The molecule has 0 saturated carbocycles. The topological polar surface area (TPSA) is 45.7 Å². The lowest BCUT2D eigenvalue weighted by atomic mass is 10.1. The molecule has 0 aliphatic carbocycles. The van der Waals surface area contributed by atoms with E-state index in [9.17, 15) is 18.0 Å². The van der Waals surface area contributed by atoms with Crippen LogP contribution in [0.25, 0.3) is 0 Å². The van der Waals surface area contributed by atoms with Gasteiger partial charge in [-0.05, 0) is 24.1 Å². The van der Waals surface area contributed by atoms with Crippen LogP contribution in [0.4, 0.5) is 13.2 Å². The monoisotopic (exact) mass is 393 g/mol. The lowest BCUT2D eigenvalue weighted by Gasteiger charge is -2.35. The van der Waals surface area contributed by atoms with Crippen molar-refractivity contribution in [3.63, 3.8) is 0 Å². The number of hydrogen-bond donors (Lipinski definition) is 0. The van der Waals surface area contributed by atoms with E-state index in [1.165, 1.54) is 23.9 Å². The van der Waals surface area contributed by atoms with Crippen LogP contribution in [0.3, 0.4) is 0 Å². The lowest BCUT2D eigenvalue weighted by Crippen LogP contribution is -2.49. The molecule has 0 spiro atoms. The first-order valence-corrected chi connectivity index (χ1v) is 9.12. The van der Waals surface area contributed by atoms with Crippen LogP contribution in [0.2, 0.25) is 0 Å². The summed E-state index contributed by atoms with van der Waals surface area (Å²) in [6.45, 7) is 1.90. The first-order chi connectivity index (χ1) is 13.4. The molecule has 1 aliphatic rings. The maximum Gasteiger partial charge on any atom is 0.422 e. The number of rotatable bonds is 6. The number of carbonyl (C=O) groups is 1. The molecule has 0 unspecified atom stereocenters. The Balaban J connectivity index is 1.54. The van der Waals surface area contributed by atoms with Crippen molar-refractivity contribution in [3.05, 3.63) is 59.8 Å². The molecule has 3 rings (SSSR count). The Bertz CT molecular complexity index is 776. The van der Waals surface area contributed by atoms with Crippen molar-refractivity contribution in [2.24, 2.45) is 0 Å². The number of carbonyl (C=O) groups excluding carboxylic acids is 1. The second kappa shape index (κ2) is 9.05. The number of nitrogens with zero attached hydrogens (tertiary/aromatic N) is 3. The summed E-state index contributed by atoms with van der Waals surface area (Å²) < 4.78 is 42.0. The van der Waals surface area contributed by atoms with E-state index in [1.807, 2.05) is 18.2 Å². The minimum Gasteiger partial charge on any atom is -0.467 e. The quantitative estimate of drug-likeness (QED) is 0.757. The molecule has 0 atom stereocenters. The van der Waals surface area contributed by atoms with Crippen LogP contribution in [-0.2, 0) is 6.42 Å². The van der Waals surface area contributed by atoms with Gasteiger partial charge >= 0.3 is 6.18 Å². The Morgan fingerprint density at radius 3 is 2.43 bits per heavy atom. The van der Waals surface area contributed by atoms with E-state index in [-0.39, 0.29) is 17.4 Å². The number of piperazine rings is 1. The highest BCUT2D eigenvalue weighted by atomic mass is 19.4. The number of ether oxygens (including phenoxy) is 1. The normalized spacial score (nSPS) is 15.5. The van der Waals surface area contributed by atoms with Crippen molar-refractivity contribution in [2.45, 2.75) is 12.6 Å². The first-order valence-electron chi connectivity index (χ1n) is 9.12. The summed E-state index contributed by atoms with van der Waals surface area (Å²) in [6, 6.07) is 13.2. The Hall–Kier alpha value is -2.61. The molecule has 2 heterocycles. The van der Waals surface area contributed by atoms with Crippen LogP contribution < -0.4 is 4.74 Å². The molecule has 5 nitrogen and oxygen atoms in total. The van der Waals surface area contributed by atoms with E-state index in [0.29, 0.717) is 13.1 Å². The van der Waals surface area contributed by atoms with Crippen molar-refractivity contribution in [1.29, 1.82) is 0 Å². The Morgan fingerprint density at radius 2 is 1.75 bits per heavy atom. The fraction of sp³-hybridized carbons (Fsp3) is 0.400. The molecular formula is C20H22F3N3O2. The number of alkyl halides is 3. The minimum absolute atomic E-state index is 0.0597. The molecule has 1 fully saturated rings. The Labute approximate surface area is 161 Å². The van der Waals surface area contributed by atoms with Crippen LogP contribution in [0.1, 0.15) is 15.9 Å². The van der Waals surface area contributed by atoms with Crippen LogP contribution in [0.5, 0.6) is 5.88 Å². The van der Waals surface area contributed by atoms with E-state index in [2.05, 4.69) is 22.0 Å². The summed E-state index contributed by atoms with van der Waals surface area (Å²) in [7, 11) is 0. The molecule has 0 N–H and O–H groups in total. The number of pyridine rings is 1. The zero-order chi connectivity index (χ0) is 20.0. The maximum absolute atomic E-state index is 12.7. The predicted molar refractivity (Wildman–Crippen MR) is 98.3 cm³/mol. The molecule has 1 aromatic carbocycles. The van der Waals surface area contributed by atoms with Crippen LogP contribution >= 0.6 is 0 Å². The van der Waals surface area contributed by atoms with Gasteiger partial charge in [-0.1, -0.05) is 30.3 Å². The molecule has 1 aliphatic heterocycles. The minimum atomic E-state index is -4.48. The number of hydrogen-bond acceptors (Lipinski definition) is 4. The summed E-state index contributed by atoms with van der Waals surface area (Å²) >= 11 is 0. The summed E-state index contributed by atoms with van der Waals surface area (Å²) in [5.74, 6) is -0.635. The van der Waals surface area contributed by atoms with E-state index in [1.54, 1.807) is 4.90 Å². The van der Waals surface area contributed by atoms with Gasteiger partial charge in [0.2, 0.25) is 5.88 Å². The van der Waals surface area contributed by atoms with Crippen molar-refractivity contribution in [2.75, 3.05) is 39.3 Å². The van der Waals surface area contributed by atoms with Crippen LogP contribution in [0, 0.1) is 0 Å². The number of benzene rings is 1. The standard InChI is InChI=1S/C20H22F3N3O2/c21-20(22,23)15-28-18-17(7-4-9-24-18)19(27)26-13-11-25(12-14-26)10-8-16-5-2-1-3-6-16/h1-7,9H,8,10-15H2. The zero-order valence-corrected chi connectivity index (χ0v) is 15.4. The molecular weight excluding hydrogens is 371 g/mol. The fourth-order valence-electron chi connectivity index (χ4n) is 3.10. The second-order valence-corrected chi connectivity index (χ2v) is 6.63. The third kappa shape index (κ3) is 5.69. The van der Waals surface area contributed by atoms with E-state index in [0.717, 1.165) is 26.1 Å². The third-order valence-electron chi connectivity index (χ3n) is 4.59. The van der Waals surface area contributed by atoms with Crippen LogP contribution in [0.15, 0.2) is 48.7 Å². The van der Waals surface area contributed by atoms with Gasteiger partial charge in [0.05, 0.1) is 0 Å². The first kappa shape index (κ1) is 20.1. The molecule has 1 aromatic heterocycles.